The number of carboxylic acid groups (broad SMARTS) is 1. The van der Waals surface area contributed by atoms with E-state index in [9.17, 15) is 4.79 Å². The minimum absolute atomic E-state index is 0.443. The predicted molar refractivity (Wildman–Crippen MR) is 58.6 cm³/mol. The number of hydrogen-bond acceptors (Lipinski definition) is 3. The van der Waals surface area contributed by atoms with Crippen LogP contribution >= 0.6 is 0 Å². The van der Waals surface area contributed by atoms with Crippen LogP contribution in [0.4, 0.5) is 0 Å². The van der Waals surface area contributed by atoms with Crippen molar-refractivity contribution >= 4 is 5.97 Å². The largest absolute Gasteiger partial charge is 0.480 e. The fourth-order valence-electron chi connectivity index (χ4n) is 1.35. The number of carboxylic acids is 1. The van der Waals surface area contributed by atoms with Crippen molar-refractivity contribution in [3.63, 3.8) is 0 Å². The quantitative estimate of drug-likeness (QED) is 0.625. The van der Waals surface area contributed by atoms with Crippen molar-refractivity contribution in [3.05, 3.63) is 35.9 Å². The van der Waals surface area contributed by atoms with E-state index in [4.69, 9.17) is 10.8 Å². The first-order valence-electron chi connectivity index (χ1n) is 4.94. The Morgan fingerprint density at radius 2 is 2.07 bits per heavy atom. The first kappa shape index (κ1) is 11.7. The van der Waals surface area contributed by atoms with Gasteiger partial charge in [0.2, 0.25) is 0 Å². The molecule has 4 N–H and O–H groups in total. The maximum absolute atomic E-state index is 10.9. The standard InChI is InChI=1S/C11H16N2O2/c12-6-7-13-10(11(14)15)8-9-4-2-1-3-5-9/h1-5,10,13H,6-8,12H2,(H,14,15)/t10-/m0/s1. The van der Waals surface area contributed by atoms with E-state index in [0.29, 0.717) is 19.5 Å². The summed E-state index contributed by atoms with van der Waals surface area (Å²) in [4.78, 5) is 10.9. The molecule has 1 atom stereocenters. The highest BCUT2D eigenvalue weighted by Gasteiger charge is 2.16. The van der Waals surface area contributed by atoms with Crippen LogP contribution in [0.5, 0.6) is 0 Å². The molecule has 0 aromatic heterocycles. The zero-order valence-corrected chi connectivity index (χ0v) is 8.52. The Morgan fingerprint density at radius 1 is 1.40 bits per heavy atom. The Morgan fingerprint density at radius 3 is 2.60 bits per heavy atom. The summed E-state index contributed by atoms with van der Waals surface area (Å²) in [7, 11) is 0. The molecule has 1 aromatic carbocycles. The molecule has 0 bridgehead atoms. The first-order valence-corrected chi connectivity index (χ1v) is 4.94. The zero-order valence-electron chi connectivity index (χ0n) is 8.52. The number of hydrogen-bond donors (Lipinski definition) is 3. The van der Waals surface area contributed by atoms with Gasteiger partial charge in [-0.15, -0.1) is 0 Å². The van der Waals surface area contributed by atoms with Crippen molar-refractivity contribution in [2.75, 3.05) is 13.1 Å². The van der Waals surface area contributed by atoms with Gasteiger partial charge in [0.05, 0.1) is 0 Å². The average Bonchev–Trinajstić information content (AvgIpc) is 2.25. The van der Waals surface area contributed by atoms with Crippen LogP contribution < -0.4 is 11.1 Å². The molecule has 0 unspecified atom stereocenters. The van der Waals surface area contributed by atoms with Crippen molar-refractivity contribution < 1.29 is 9.90 Å². The fraction of sp³-hybridized carbons (Fsp3) is 0.364. The highest BCUT2D eigenvalue weighted by Crippen LogP contribution is 2.03. The van der Waals surface area contributed by atoms with Gasteiger partial charge in [-0.25, -0.2) is 0 Å². The second-order valence-electron chi connectivity index (χ2n) is 3.32. The second kappa shape index (κ2) is 6.16. The van der Waals surface area contributed by atoms with Gasteiger partial charge in [0.25, 0.3) is 0 Å². The smallest absolute Gasteiger partial charge is 0.321 e. The Balaban J connectivity index is 2.55. The Labute approximate surface area is 89.1 Å². The Bertz CT molecular complexity index is 301. The minimum atomic E-state index is -0.840. The van der Waals surface area contributed by atoms with Gasteiger partial charge in [-0.2, -0.15) is 0 Å². The Hall–Kier alpha value is -1.39. The van der Waals surface area contributed by atoms with E-state index >= 15 is 0 Å². The number of nitrogens with one attached hydrogen (secondary N) is 1. The van der Waals surface area contributed by atoms with Gasteiger partial charge >= 0.3 is 5.97 Å². The number of rotatable bonds is 6. The summed E-state index contributed by atoms with van der Waals surface area (Å²) in [5, 5.41) is 11.9. The molecule has 4 nitrogen and oxygen atoms in total. The van der Waals surface area contributed by atoms with E-state index in [2.05, 4.69) is 5.32 Å². The van der Waals surface area contributed by atoms with Crippen LogP contribution in [0.1, 0.15) is 5.56 Å². The molecule has 0 heterocycles. The molecule has 0 aliphatic carbocycles. The number of nitrogens with two attached hydrogens (primary N) is 1. The van der Waals surface area contributed by atoms with Gasteiger partial charge in [-0.05, 0) is 12.0 Å². The molecule has 1 rings (SSSR count). The number of benzene rings is 1. The van der Waals surface area contributed by atoms with Gasteiger partial charge in [0.1, 0.15) is 6.04 Å². The average molecular weight is 208 g/mol. The molecule has 0 amide bonds. The third kappa shape index (κ3) is 4.10. The summed E-state index contributed by atoms with van der Waals surface area (Å²) in [5.41, 5.74) is 6.32. The summed E-state index contributed by atoms with van der Waals surface area (Å²) >= 11 is 0. The molecule has 0 saturated carbocycles. The molecule has 0 fully saturated rings. The van der Waals surface area contributed by atoms with Crippen molar-refractivity contribution in [2.24, 2.45) is 5.73 Å². The third-order valence-corrected chi connectivity index (χ3v) is 2.12. The second-order valence-corrected chi connectivity index (χ2v) is 3.32. The van der Waals surface area contributed by atoms with Crippen molar-refractivity contribution in [1.82, 2.24) is 5.32 Å². The van der Waals surface area contributed by atoms with Crippen LogP contribution in [-0.4, -0.2) is 30.2 Å². The van der Waals surface area contributed by atoms with Crippen LogP contribution in [-0.2, 0) is 11.2 Å². The molecule has 0 radical (unpaired) electrons. The van der Waals surface area contributed by atoms with Crippen LogP contribution in [0.2, 0.25) is 0 Å². The van der Waals surface area contributed by atoms with Gasteiger partial charge in [0.15, 0.2) is 0 Å². The number of aliphatic carboxylic acids is 1. The molecule has 1 aromatic rings. The topological polar surface area (TPSA) is 75.3 Å². The van der Waals surface area contributed by atoms with E-state index in [1.807, 2.05) is 30.3 Å². The third-order valence-electron chi connectivity index (χ3n) is 2.12. The molecule has 0 aliphatic rings. The van der Waals surface area contributed by atoms with Crippen molar-refractivity contribution in [3.8, 4) is 0 Å². The van der Waals surface area contributed by atoms with Gasteiger partial charge < -0.3 is 16.2 Å². The minimum Gasteiger partial charge on any atom is -0.480 e. The van der Waals surface area contributed by atoms with E-state index in [-0.39, 0.29) is 0 Å². The number of carbonyl (C=O) groups is 1. The Kier molecular flexibility index (Phi) is 4.80. The normalized spacial score (nSPS) is 12.3. The summed E-state index contributed by atoms with van der Waals surface area (Å²) in [6, 6.07) is 8.98. The van der Waals surface area contributed by atoms with Gasteiger partial charge in [-0.3, -0.25) is 4.79 Å². The molecular formula is C11H16N2O2. The zero-order chi connectivity index (χ0) is 11.1. The lowest BCUT2D eigenvalue weighted by molar-refractivity contribution is -0.139. The predicted octanol–water partition coefficient (Wildman–Crippen LogP) is 0.231. The summed E-state index contributed by atoms with van der Waals surface area (Å²) in [5.74, 6) is -0.840. The molecule has 82 valence electrons. The lowest BCUT2D eigenvalue weighted by Gasteiger charge is -2.13. The van der Waals surface area contributed by atoms with Crippen LogP contribution in [0, 0.1) is 0 Å². The molecule has 15 heavy (non-hydrogen) atoms. The SMILES string of the molecule is NCCN[C@@H](Cc1ccccc1)C(=O)O. The van der Waals surface area contributed by atoms with E-state index in [1.54, 1.807) is 0 Å². The van der Waals surface area contributed by atoms with Crippen LogP contribution in [0.15, 0.2) is 30.3 Å². The van der Waals surface area contributed by atoms with Crippen LogP contribution in [0.25, 0.3) is 0 Å². The monoisotopic (exact) mass is 208 g/mol. The van der Waals surface area contributed by atoms with E-state index in [0.717, 1.165) is 5.56 Å². The summed E-state index contributed by atoms with van der Waals surface area (Å²) in [6.45, 7) is 0.961. The van der Waals surface area contributed by atoms with Gasteiger partial charge in [0, 0.05) is 13.1 Å². The van der Waals surface area contributed by atoms with E-state index in [1.165, 1.54) is 0 Å². The van der Waals surface area contributed by atoms with Crippen molar-refractivity contribution in [1.29, 1.82) is 0 Å². The molecule has 0 aliphatic heterocycles. The van der Waals surface area contributed by atoms with Crippen molar-refractivity contribution in [2.45, 2.75) is 12.5 Å². The highest BCUT2D eigenvalue weighted by molar-refractivity contribution is 5.73. The maximum atomic E-state index is 10.9. The maximum Gasteiger partial charge on any atom is 0.321 e. The van der Waals surface area contributed by atoms with Gasteiger partial charge in [-0.1, -0.05) is 30.3 Å². The molecule has 4 heteroatoms. The summed E-state index contributed by atoms with van der Waals surface area (Å²) < 4.78 is 0. The first-order chi connectivity index (χ1) is 7.24. The molecule has 0 spiro atoms. The summed E-state index contributed by atoms with van der Waals surface area (Å²) in [6.07, 6.45) is 0.482. The lowest BCUT2D eigenvalue weighted by atomic mass is 10.1. The molecular weight excluding hydrogens is 192 g/mol. The fourth-order valence-corrected chi connectivity index (χ4v) is 1.35. The lowest BCUT2D eigenvalue weighted by Crippen LogP contribution is -2.40. The highest BCUT2D eigenvalue weighted by atomic mass is 16.4. The van der Waals surface area contributed by atoms with Crippen LogP contribution in [0.3, 0.4) is 0 Å². The molecule has 0 saturated heterocycles. The van der Waals surface area contributed by atoms with E-state index < -0.39 is 12.0 Å².